The van der Waals surface area contributed by atoms with Crippen molar-refractivity contribution in [1.82, 2.24) is 4.90 Å². The zero-order valence-corrected chi connectivity index (χ0v) is 12.8. The lowest BCUT2D eigenvalue weighted by Gasteiger charge is -2.14. The minimum atomic E-state index is -0.0548. The molecular formula is C16H18ClN3O. The predicted octanol–water partition coefficient (Wildman–Crippen LogP) is 3.24. The maximum atomic E-state index is 12.0. The van der Waals surface area contributed by atoms with Crippen molar-refractivity contribution in [1.29, 1.82) is 0 Å². The Labute approximate surface area is 129 Å². The quantitative estimate of drug-likeness (QED) is 0.853. The first-order valence-corrected chi connectivity index (χ1v) is 6.94. The molecule has 21 heavy (non-hydrogen) atoms. The summed E-state index contributed by atoms with van der Waals surface area (Å²) in [5.74, 6) is -0.0548. The number of nitrogens with two attached hydrogens (primary N) is 1. The van der Waals surface area contributed by atoms with Gasteiger partial charge in [0.2, 0.25) is 0 Å². The van der Waals surface area contributed by atoms with Crippen molar-refractivity contribution in [2.24, 2.45) is 0 Å². The number of halogens is 1. The third-order valence-electron chi connectivity index (χ3n) is 3.08. The Hall–Kier alpha value is -2.20. The second kappa shape index (κ2) is 6.50. The van der Waals surface area contributed by atoms with E-state index < -0.39 is 0 Å². The molecule has 0 aromatic heterocycles. The molecule has 3 N–H and O–H groups in total. The van der Waals surface area contributed by atoms with E-state index in [1.807, 2.05) is 24.3 Å². The summed E-state index contributed by atoms with van der Waals surface area (Å²) in [6.07, 6.45) is 0. The van der Waals surface area contributed by atoms with Crippen LogP contribution in [-0.2, 0) is 6.54 Å². The monoisotopic (exact) mass is 303 g/mol. The van der Waals surface area contributed by atoms with Crippen LogP contribution in [0.1, 0.15) is 15.9 Å². The molecule has 0 bridgehead atoms. The van der Waals surface area contributed by atoms with Crippen molar-refractivity contribution in [3.05, 3.63) is 58.6 Å². The summed E-state index contributed by atoms with van der Waals surface area (Å²) in [6.45, 7) is 0.588. The van der Waals surface area contributed by atoms with Crippen LogP contribution in [0.25, 0.3) is 0 Å². The highest BCUT2D eigenvalue weighted by Gasteiger charge is 2.10. The minimum absolute atomic E-state index is 0.0548. The summed E-state index contributed by atoms with van der Waals surface area (Å²) >= 11 is 5.96. The van der Waals surface area contributed by atoms with E-state index in [1.54, 1.807) is 32.3 Å². The van der Waals surface area contributed by atoms with Gasteiger partial charge in [0.1, 0.15) is 0 Å². The molecule has 0 unspecified atom stereocenters. The Morgan fingerprint density at radius 3 is 2.67 bits per heavy atom. The van der Waals surface area contributed by atoms with Gasteiger partial charge in [0, 0.05) is 31.2 Å². The van der Waals surface area contributed by atoms with Gasteiger partial charge in [0.25, 0.3) is 5.91 Å². The molecule has 0 fully saturated rings. The molecule has 1 amide bonds. The predicted molar refractivity (Wildman–Crippen MR) is 87.7 cm³/mol. The molecule has 110 valence electrons. The molecule has 0 spiro atoms. The van der Waals surface area contributed by atoms with Crippen molar-refractivity contribution >= 4 is 28.9 Å². The van der Waals surface area contributed by atoms with Crippen molar-refractivity contribution in [2.75, 3.05) is 25.1 Å². The summed E-state index contributed by atoms with van der Waals surface area (Å²) in [7, 11) is 3.44. The Morgan fingerprint density at radius 2 is 2.00 bits per heavy atom. The van der Waals surface area contributed by atoms with Crippen LogP contribution in [0.5, 0.6) is 0 Å². The molecule has 2 aromatic carbocycles. The van der Waals surface area contributed by atoms with Crippen LogP contribution in [0, 0.1) is 0 Å². The summed E-state index contributed by atoms with van der Waals surface area (Å²) in [5, 5.41) is 3.93. The van der Waals surface area contributed by atoms with Crippen LogP contribution in [-0.4, -0.2) is 24.9 Å². The van der Waals surface area contributed by atoms with E-state index in [0.29, 0.717) is 22.8 Å². The average Bonchev–Trinajstić information content (AvgIpc) is 2.45. The van der Waals surface area contributed by atoms with Gasteiger partial charge in [-0.05, 0) is 35.9 Å². The van der Waals surface area contributed by atoms with Crippen LogP contribution in [0.4, 0.5) is 11.4 Å². The number of benzene rings is 2. The molecule has 2 rings (SSSR count). The van der Waals surface area contributed by atoms with Gasteiger partial charge in [-0.15, -0.1) is 0 Å². The lowest BCUT2D eigenvalue weighted by atomic mass is 10.1. The van der Waals surface area contributed by atoms with E-state index in [4.69, 9.17) is 17.3 Å². The molecule has 0 heterocycles. The normalized spacial score (nSPS) is 10.2. The van der Waals surface area contributed by atoms with E-state index in [2.05, 4.69) is 5.32 Å². The van der Waals surface area contributed by atoms with Crippen LogP contribution in [0.2, 0.25) is 5.02 Å². The number of nitrogen functional groups attached to an aromatic ring is 1. The number of carbonyl (C=O) groups is 1. The maximum absolute atomic E-state index is 12.0. The van der Waals surface area contributed by atoms with E-state index >= 15 is 0 Å². The zero-order valence-electron chi connectivity index (χ0n) is 12.1. The summed E-state index contributed by atoms with van der Waals surface area (Å²) in [5.41, 5.74) is 8.94. The van der Waals surface area contributed by atoms with Gasteiger partial charge < -0.3 is 16.0 Å². The number of rotatable bonds is 4. The molecule has 2 aromatic rings. The third-order valence-corrected chi connectivity index (χ3v) is 3.31. The van der Waals surface area contributed by atoms with Crippen LogP contribution in [0.15, 0.2) is 42.5 Å². The van der Waals surface area contributed by atoms with Gasteiger partial charge in [-0.25, -0.2) is 0 Å². The fourth-order valence-electron chi connectivity index (χ4n) is 1.94. The molecule has 0 aliphatic heterocycles. The number of amides is 1. The summed E-state index contributed by atoms with van der Waals surface area (Å²) in [4.78, 5) is 13.5. The number of nitrogens with zero attached hydrogens (tertiary/aromatic N) is 1. The number of hydrogen-bond acceptors (Lipinski definition) is 3. The SMILES string of the molecule is CN(C)C(=O)c1ccc(N)c(NCc2cccc(Cl)c2)c1. The fraction of sp³-hybridized carbons (Fsp3) is 0.188. The van der Waals surface area contributed by atoms with Gasteiger partial charge >= 0.3 is 0 Å². The van der Waals surface area contributed by atoms with E-state index in [-0.39, 0.29) is 5.91 Å². The first kappa shape index (κ1) is 15.2. The Balaban J connectivity index is 2.16. The fourth-order valence-corrected chi connectivity index (χ4v) is 2.16. The molecule has 5 heteroatoms. The smallest absolute Gasteiger partial charge is 0.253 e. The van der Waals surface area contributed by atoms with Crippen LogP contribution in [0.3, 0.4) is 0 Å². The highest BCUT2D eigenvalue weighted by atomic mass is 35.5. The second-order valence-corrected chi connectivity index (χ2v) is 5.42. The highest BCUT2D eigenvalue weighted by Crippen LogP contribution is 2.22. The molecular weight excluding hydrogens is 286 g/mol. The number of carbonyl (C=O) groups excluding carboxylic acids is 1. The topological polar surface area (TPSA) is 58.4 Å². The first-order valence-electron chi connectivity index (χ1n) is 6.57. The number of nitrogens with one attached hydrogen (secondary N) is 1. The van der Waals surface area contributed by atoms with Gasteiger partial charge in [-0.2, -0.15) is 0 Å². The van der Waals surface area contributed by atoms with E-state index in [0.717, 1.165) is 11.3 Å². The van der Waals surface area contributed by atoms with E-state index in [9.17, 15) is 4.79 Å². The van der Waals surface area contributed by atoms with Gasteiger partial charge in [0.15, 0.2) is 0 Å². The molecule has 0 saturated carbocycles. The van der Waals surface area contributed by atoms with Crippen LogP contribution >= 0.6 is 11.6 Å². The third kappa shape index (κ3) is 3.89. The molecule has 0 atom stereocenters. The maximum Gasteiger partial charge on any atom is 0.253 e. The van der Waals surface area contributed by atoms with Crippen LogP contribution < -0.4 is 11.1 Å². The molecule has 0 saturated heterocycles. The van der Waals surface area contributed by atoms with Gasteiger partial charge in [-0.3, -0.25) is 4.79 Å². The lowest BCUT2D eigenvalue weighted by molar-refractivity contribution is 0.0827. The Kier molecular flexibility index (Phi) is 4.70. The highest BCUT2D eigenvalue weighted by molar-refractivity contribution is 6.30. The van der Waals surface area contributed by atoms with E-state index in [1.165, 1.54) is 4.90 Å². The lowest BCUT2D eigenvalue weighted by Crippen LogP contribution is -2.21. The Bertz CT molecular complexity index is 656. The first-order chi connectivity index (χ1) is 9.97. The number of anilines is 2. The summed E-state index contributed by atoms with van der Waals surface area (Å²) < 4.78 is 0. The number of hydrogen-bond donors (Lipinski definition) is 2. The van der Waals surface area contributed by atoms with Crippen molar-refractivity contribution in [2.45, 2.75) is 6.54 Å². The average molecular weight is 304 g/mol. The zero-order chi connectivity index (χ0) is 15.4. The Morgan fingerprint density at radius 1 is 1.24 bits per heavy atom. The molecule has 0 aliphatic carbocycles. The molecule has 4 nitrogen and oxygen atoms in total. The summed E-state index contributed by atoms with van der Waals surface area (Å²) in [6, 6.07) is 12.8. The van der Waals surface area contributed by atoms with Gasteiger partial charge in [0.05, 0.1) is 11.4 Å². The molecule has 0 radical (unpaired) electrons. The van der Waals surface area contributed by atoms with Crippen molar-refractivity contribution < 1.29 is 4.79 Å². The largest absolute Gasteiger partial charge is 0.397 e. The van der Waals surface area contributed by atoms with Gasteiger partial charge in [-0.1, -0.05) is 23.7 Å². The minimum Gasteiger partial charge on any atom is -0.397 e. The standard InChI is InChI=1S/C16H18ClN3O/c1-20(2)16(21)12-6-7-14(18)15(9-12)19-10-11-4-3-5-13(17)8-11/h3-9,19H,10,18H2,1-2H3. The second-order valence-electron chi connectivity index (χ2n) is 4.99. The van der Waals surface area contributed by atoms with Crippen molar-refractivity contribution in [3.63, 3.8) is 0 Å². The van der Waals surface area contributed by atoms with Crippen molar-refractivity contribution in [3.8, 4) is 0 Å². The molecule has 0 aliphatic rings.